The molecule has 0 radical (unpaired) electrons. The van der Waals surface area contributed by atoms with Crippen LogP contribution in [0.4, 0.5) is 0 Å². The molecule has 0 saturated heterocycles. The van der Waals surface area contributed by atoms with Gasteiger partial charge in [0.05, 0.1) is 19.6 Å². The summed E-state index contributed by atoms with van der Waals surface area (Å²) in [5.74, 6) is 0.0415. The lowest BCUT2D eigenvalue weighted by atomic mass is 9.82. The van der Waals surface area contributed by atoms with Gasteiger partial charge in [0.1, 0.15) is 11.6 Å². The van der Waals surface area contributed by atoms with Crippen molar-refractivity contribution >= 4 is 11.6 Å². The number of hydrogen-bond acceptors (Lipinski definition) is 4. The molecule has 4 nitrogen and oxygen atoms in total. The molecule has 0 aliphatic carbocycles. The number of carbonyl (C=O) groups excluding carboxylic acids is 2. The van der Waals surface area contributed by atoms with Crippen LogP contribution in [0.5, 0.6) is 0 Å². The van der Waals surface area contributed by atoms with Gasteiger partial charge in [-0.15, -0.1) is 0 Å². The van der Waals surface area contributed by atoms with Gasteiger partial charge in [-0.25, -0.2) is 0 Å². The molecule has 0 bridgehead atoms. The fourth-order valence-corrected chi connectivity index (χ4v) is 0.767. The fraction of sp³-hybridized carbons (Fsp3) is 0.857. The van der Waals surface area contributed by atoms with Gasteiger partial charge in [0.15, 0.2) is 0 Å². The Balaban J connectivity index is 0. The quantitative estimate of drug-likeness (QED) is 0.787. The van der Waals surface area contributed by atoms with Crippen LogP contribution in [0, 0.1) is 10.8 Å². The molecule has 0 spiro atoms. The van der Waals surface area contributed by atoms with Crippen molar-refractivity contribution in [3.8, 4) is 0 Å². The number of aliphatic hydroxyl groups excluding tert-OH is 1. The molecular weight excluding hydrogens is 232 g/mol. The normalized spacial score (nSPS) is 11.6. The van der Waals surface area contributed by atoms with Gasteiger partial charge in [-0.2, -0.15) is 0 Å². The molecule has 0 fully saturated rings. The lowest BCUT2D eigenvalue weighted by Crippen LogP contribution is -2.28. The molecule has 4 heteroatoms. The molecule has 0 aliphatic heterocycles. The molecule has 0 amide bonds. The van der Waals surface area contributed by atoms with Crippen molar-refractivity contribution in [2.75, 3.05) is 20.3 Å². The van der Waals surface area contributed by atoms with Crippen LogP contribution in [-0.2, 0) is 14.3 Å². The zero-order valence-corrected chi connectivity index (χ0v) is 12.8. The lowest BCUT2D eigenvalue weighted by molar-refractivity contribution is -0.135. The number of methoxy groups -OCH3 is 1. The first-order valence-corrected chi connectivity index (χ1v) is 6.13. The molecule has 18 heavy (non-hydrogen) atoms. The predicted octanol–water partition coefficient (Wildman–Crippen LogP) is 2.23. The van der Waals surface area contributed by atoms with E-state index in [0.717, 1.165) is 0 Å². The van der Waals surface area contributed by atoms with Crippen LogP contribution in [0.3, 0.4) is 0 Å². The standard InChI is InChI=1S/C11H20O2.C3H8O2/c1-10(2,3)8(12)7-9(13)11(4,5)6;1-5-3-2-4/h7H2,1-6H3;4H,2-3H2,1H3. The summed E-state index contributed by atoms with van der Waals surface area (Å²) in [6.07, 6.45) is 0.0625. The summed E-state index contributed by atoms with van der Waals surface area (Å²) >= 11 is 0. The Morgan fingerprint density at radius 1 is 0.944 bits per heavy atom. The fourth-order valence-electron chi connectivity index (χ4n) is 0.767. The molecule has 1 N–H and O–H groups in total. The minimum Gasteiger partial charge on any atom is -0.394 e. The largest absolute Gasteiger partial charge is 0.394 e. The summed E-state index contributed by atoms with van der Waals surface area (Å²) < 4.78 is 4.44. The Bertz CT molecular complexity index is 230. The minimum absolute atomic E-state index is 0.0208. The monoisotopic (exact) mass is 260 g/mol. The van der Waals surface area contributed by atoms with Crippen molar-refractivity contribution in [3.63, 3.8) is 0 Å². The molecule has 108 valence electrons. The van der Waals surface area contributed by atoms with Gasteiger partial charge in [0.25, 0.3) is 0 Å². The molecule has 0 aromatic carbocycles. The van der Waals surface area contributed by atoms with Crippen molar-refractivity contribution in [1.29, 1.82) is 0 Å². The number of hydrogen-bond donors (Lipinski definition) is 1. The van der Waals surface area contributed by atoms with Gasteiger partial charge < -0.3 is 9.84 Å². The van der Waals surface area contributed by atoms with Gasteiger partial charge in [-0.3, -0.25) is 9.59 Å². The molecule has 0 aliphatic rings. The summed E-state index contributed by atoms with van der Waals surface area (Å²) in [4.78, 5) is 23.0. The Labute approximate surface area is 111 Å². The van der Waals surface area contributed by atoms with Gasteiger partial charge in [-0.05, 0) is 0 Å². The van der Waals surface area contributed by atoms with E-state index in [9.17, 15) is 9.59 Å². The third-order valence-electron chi connectivity index (χ3n) is 2.29. The van der Waals surface area contributed by atoms with Crippen LogP contribution in [0.1, 0.15) is 48.0 Å². The number of rotatable bonds is 4. The van der Waals surface area contributed by atoms with Crippen molar-refractivity contribution in [3.05, 3.63) is 0 Å². The molecule has 0 aromatic heterocycles. The third kappa shape index (κ3) is 10.4. The Kier molecular flexibility index (Phi) is 9.12. The number of ketones is 2. The molecule has 0 saturated carbocycles. The molecule has 0 heterocycles. The topological polar surface area (TPSA) is 63.6 Å². The molecule has 0 aromatic rings. The first-order valence-electron chi connectivity index (χ1n) is 6.13. The van der Waals surface area contributed by atoms with Crippen LogP contribution in [0.25, 0.3) is 0 Å². The maximum Gasteiger partial charge on any atom is 0.145 e. The Morgan fingerprint density at radius 3 is 1.39 bits per heavy atom. The Morgan fingerprint density at radius 2 is 1.28 bits per heavy atom. The van der Waals surface area contributed by atoms with E-state index in [4.69, 9.17) is 5.11 Å². The maximum atomic E-state index is 11.5. The zero-order chi connectivity index (χ0) is 15.0. The molecular formula is C14H28O4. The van der Waals surface area contributed by atoms with E-state index in [1.165, 1.54) is 0 Å². The van der Waals surface area contributed by atoms with Gasteiger partial charge >= 0.3 is 0 Å². The second kappa shape index (κ2) is 8.38. The van der Waals surface area contributed by atoms with E-state index >= 15 is 0 Å². The summed E-state index contributed by atoms with van der Waals surface area (Å²) in [5, 5.41) is 7.94. The summed E-state index contributed by atoms with van der Waals surface area (Å²) in [5.41, 5.74) is -0.804. The van der Waals surface area contributed by atoms with Crippen molar-refractivity contribution in [2.24, 2.45) is 10.8 Å². The molecule has 0 unspecified atom stereocenters. The highest BCUT2D eigenvalue weighted by Gasteiger charge is 2.28. The highest BCUT2D eigenvalue weighted by molar-refractivity contribution is 6.03. The van der Waals surface area contributed by atoms with Gasteiger partial charge in [0, 0.05) is 17.9 Å². The first kappa shape index (κ1) is 19.6. The average molecular weight is 260 g/mol. The molecule has 0 atom stereocenters. The zero-order valence-electron chi connectivity index (χ0n) is 12.8. The smallest absolute Gasteiger partial charge is 0.145 e. The highest BCUT2D eigenvalue weighted by Crippen LogP contribution is 2.22. The van der Waals surface area contributed by atoms with Crippen LogP contribution in [0.15, 0.2) is 0 Å². The van der Waals surface area contributed by atoms with Crippen molar-refractivity contribution in [1.82, 2.24) is 0 Å². The lowest BCUT2D eigenvalue weighted by Gasteiger charge is -2.20. The van der Waals surface area contributed by atoms with E-state index in [1.54, 1.807) is 7.11 Å². The van der Waals surface area contributed by atoms with E-state index in [0.29, 0.717) is 6.61 Å². The number of aliphatic hydroxyl groups is 1. The third-order valence-corrected chi connectivity index (χ3v) is 2.29. The first-order chi connectivity index (χ1) is 7.96. The molecule has 0 rings (SSSR count). The number of ether oxygens (including phenoxy) is 1. The van der Waals surface area contributed by atoms with Crippen LogP contribution in [-0.4, -0.2) is 37.0 Å². The summed E-state index contributed by atoms with van der Waals surface area (Å²) in [7, 11) is 1.55. The second-order valence-corrected chi connectivity index (χ2v) is 6.24. The van der Waals surface area contributed by atoms with Gasteiger partial charge in [-0.1, -0.05) is 41.5 Å². The van der Waals surface area contributed by atoms with Crippen LogP contribution in [0.2, 0.25) is 0 Å². The predicted molar refractivity (Wildman–Crippen MR) is 72.5 cm³/mol. The second-order valence-electron chi connectivity index (χ2n) is 6.24. The van der Waals surface area contributed by atoms with Crippen LogP contribution < -0.4 is 0 Å². The van der Waals surface area contributed by atoms with E-state index in [-0.39, 0.29) is 24.6 Å². The van der Waals surface area contributed by atoms with E-state index in [2.05, 4.69) is 4.74 Å². The van der Waals surface area contributed by atoms with Gasteiger partial charge in [0.2, 0.25) is 0 Å². The van der Waals surface area contributed by atoms with E-state index in [1.807, 2.05) is 41.5 Å². The average Bonchev–Trinajstić information content (AvgIpc) is 2.16. The Hall–Kier alpha value is -0.740. The van der Waals surface area contributed by atoms with Crippen molar-refractivity contribution in [2.45, 2.75) is 48.0 Å². The van der Waals surface area contributed by atoms with Crippen LogP contribution >= 0.6 is 0 Å². The summed E-state index contributed by atoms with van der Waals surface area (Å²) in [6.45, 7) is 11.6. The summed E-state index contributed by atoms with van der Waals surface area (Å²) in [6, 6.07) is 0. The minimum atomic E-state index is -0.402. The maximum absolute atomic E-state index is 11.5. The highest BCUT2D eigenvalue weighted by atomic mass is 16.5. The number of Topliss-reactive ketones (excluding diaryl/α,β-unsaturated/α-hetero) is 2. The SMILES string of the molecule is CC(C)(C)C(=O)CC(=O)C(C)(C)C.COCCO. The van der Waals surface area contributed by atoms with Crippen molar-refractivity contribution < 1.29 is 19.4 Å². The van der Waals surface area contributed by atoms with E-state index < -0.39 is 10.8 Å². The number of carbonyl (C=O) groups is 2.